The first-order chi connectivity index (χ1) is 13.9. The van der Waals surface area contributed by atoms with E-state index in [9.17, 15) is 5.11 Å². The third-order valence-corrected chi connectivity index (χ3v) is 12.8. The third-order valence-electron chi connectivity index (χ3n) is 12.8. The Bertz CT molecular complexity index is 720. The van der Waals surface area contributed by atoms with Crippen molar-refractivity contribution in [3.05, 3.63) is 0 Å². The molecule has 10 atom stereocenters. The van der Waals surface area contributed by atoms with E-state index in [1.807, 2.05) is 0 Å². The first-order valence-electron chi connectivity index (χ1n) is 12.9. The molecule has 0 aromatic heterocycles. The van der Waals surface area contributed by atoms with Crippen LogP contribution in [-0.2, 0) is 0 Å². The second-order valence-electron chi connectivity index (χ2n) is 13.7. The molecule has 0 heterocycles. The molecule has 0 radical (unpaired) electrons. The Morgan fingerprint density at radius 3 is 2.17 bits per heavy atom. The van der Waals surface area contributed by atoms with Gasteiger partial charge < -0.3 is 15.3 Å². The monoisotopic (exact) mass is 416 g/mol. The van der Waals surface area contributed by atoms with E-state index in [4.69, 9.17) is 0 Å². The van der Waals surface area contributed by atoms with Crippen LogP contribution >= 0.6 is 0 Å². The predicted molar refractivity (Wildman–Crippen MR) is 124 cm³/mol. The molecule has 0 aliphatic heterocycles. The minimum absolute atomic E-state index is 0.147. The maximum atomic E-state index is 11.3. The second kappa shape index (κ2) is 6.26. The van der Waals surface area contributed by atoms with Gasteiger partial charge in [0.25, 0.3) is 0 Å². The molecule has 0 aromatic rings. The normalized spacial score (nSPS) is 57.2. The highest BCUT2D eigenvalue weighted by atomic mass is 16.3. The molecule has 3 heteroatoms. The molecule has 0 saturated heterocycles. The fourth-order valence-electron chi connectivity index (χ4n) is 11.4. The van der Waals surface area contributed by atoms with Gasteiger partial charge in [-0.15, -0.1) is 0 Å². The van der Waals surface area contributed by atoms with Crippen LogP contribution < -0.4 is 5.32 Å². The number of fused-ring (bicyclic) bond motifs is 2. The predicted octanol–water partition coefficient (Wildman–Crippen LogP) is 4.93. The van der Waals surface area contributed by atoms with Crippen LogP contribution in [0.1, 0.15) is 86.0 Å². The quantitative estimate of drug-likeness (QED) is 0.684. The van der Waals surface area contributed by atoms with Gasteiger partial charge in [-0.3, -0.25) is 0 Å². The van der Waals surface area contributed by atoms with Crippen LogP contribution in [0, 0.1) is 44.8 Å². The lowest BCUT2D eigenvalue weighted by Crippen LogP contribution is -2.59. The fourth-order valence-corrected chi connectivity index (χ4v) is 11.4. The summed E-state index contributed by atoms with van der Waals surface area (Å²) in [4.78, 5) is 2.52. The molecule has 5 aliphatic rings. The lowest BCUT2D eigenvalue weighted by Gasteiger charge is -2.64. The fraction of sp³-hybridized carbons (Fsp3) is 1.00. The van der Waals surface area contributed by atoms with Gasteiger partial charge in [-0.1, -0.05) is 27.7 Å². The van der Waals surface area contributed by atoms with Crippen LogP contribution in [0.15, 0.2) is 0 Å². The first-order valence-corrected chi connectivity index (χ1v) is 12.9. The van der Waals surface area contributed by atoms with Crippen LogP contribution in [0.4, 0.5) is 0 Å². The Morgan fingerprint density at radius 2 is 1.53 bits per heavy atom. The van der Waals surface area contributed by atoms with Gasteiger partial charge in [0.05, 0.1) is 6.10 Å². The molecular weight excluding hydrogens is 368 g/mol. The summed E-state index contributed by atoms with van der Waals surface area (Å²) in [6.07, 6.45) is 10.7. The van der Waals surface area contributed by atoms with Crippen molar-refractivity contribution in [2.45, 2.75) is 104 Å². The Kier molecular flexibility index (Phi) is 4.53. The van der Waals surface area contributed by atoms with E-state index in [0.717, 1.165) is 24.3 Å². The van der Waals surface area contributed by atoms with Gasteiger partial charge >= 0.3 is 0 Å². The van der Waals surface area contributed by atoms with Gasteiger partial charge in [0.1, 0.15) is 0 Å². The highest BCUT2D eigenvalue weighted by molar-refractivity contribution is 5.31. The number of rotatable bonds is 3. The summed E-state index contributed by atoms with van der Waals surface area (Å²) in [6, 6.07) is 1.11. The van der Waals surface area contributed by atoms with Crippen LogP contribution in [0.3, 0.4) is 0 Å². The first kappa shape index (κ1) is 21.7. The van der Waals surface area contributed by atoms with Crippen LogP contribution in [0.25, 0.3) is 0 Å². The number of aliphatic hydroxyl groups excluding tert-OH is 1. The molecule has 5 aliphatic carbocycles. The van der Waals surface area contributed by atoms with Crippen molar-refractivity contribution in [1.29, 1.82) is 0 Å². The summed E-state index contributed by atoms with van der Waals surface area (Å²) < 4.78 is 0. The summed E-state index contributed by atoms with van der Waals surface area (Å²) in [5.41, 5.74) is 2.15. The Hall–Kier alpha value is -0.120. The molecule has 2 spiro atoms. The highest BCUT2D eigenvalue weighted by Crippen LogP contribution is 2.89. The SMILES string of the molecule is CN[C@@H](C)C1[C@H](O)C[C@@]2(C)[C@@H]3CC[C@H]4C(C)(C)[C@@H](N(C)C)CC[C@@]45C[C@@]35CC[C@]12C. The van der Waals surface area contributed by atoms with Crippen molar-refractivity contribution in [2.75, 3.05) is 21.1 Å². The van der Waals surface area contributed by atoms with Crippen LogP contribution in [0.5, 0.6) is 0 Å². The van der Waals surface area contributed by atoms with Gasteiger partial charge in [-0.25, -0.2) is 0 Å². The Balaban J connectivity index is 1.51. The van der Waals surface area contributed by atoms with Crippen molar-refractivity contribution in [2.24, 2.45) is 44.8 Å². The average molecular weight is 417 g/mol. The van der Waals surface area contributed by atoms with Gasteiger partial charge in [-0.2, -0.15) is 0 Å². The highest BCUT2D eigenvalue weighted by Gasteiger charge is 2.82. The van der Waals surface area contributed by atoms with Crippen LogP contribution in [-0.4, -0.2) is 49.3 Å². The lowest BCUT2D eigenvalue weighted by molar-refractivity contribution is -0.150. The number of hydrogen-bond donors (Lipinski definition) is 2. The topological polar surface area (TPSA) is 35.5 Å². The molecule has 5 fully saturated rings. The minimum atomic E-state index is -0.147. The van der Waals surface area contributed by atoms with Crippen molar-refractivity contribution < 1.29 is 5.11 Å². The van der Waals surface area contributed by atoms with E-state index < -0.39 is 0 Å². The maximum Gasteiger partial charge on any atom is 0.0594 e. The van der Waals surface area contributed by atoms with E-state index in [1.54, 1.807) is 0 Å². The Morgan fingerprint density at radius 1 is 0.900 bits per heavy atom. The largest absolute Gasteiger partial charge is 0.393 e. The minimum Gasteiger partial charge on any atom is -0.393 e. The Labute approximate surface area is 185 Å². The standard InChI is InChI=1S/C27H48N2O/c1-17(28-6)22-18(30)15-25(5)20-10-9-19-23(2,3)21(29(7)8)11-12-26(19)16-27(20,26)14-13-24(22,25)4/h17-22,28,30H,9-16H2,1-8H3/t17-,18+,19-,20-,21-,22?,24+,25-,26+,27-/m0/s1. The summed E-state index contributed by atoms with van der Waals surface area (Å²) in [7, 11) is 6.68. The van der Waals surface area contributed by atoms with E-state index in [-0.39, 0.29) is 16.9 Å². The molecular formula is C27H48N2O. The van der Waals surface area contributed by atoms with E-state index in [1.165, 1.54) is 44.9 Å². The van der Waals surface area contributed by atoms with E-state index in [0.29, 0.717) is 28.2 Å². The summed E-state index contributed by atoms with van der Waals surface area (Å²) in [5.74, 6) is 2.09. The molecule has 1 unspecified atom stereocenters. The molecule has 0 bridgehead atoms. The van der Waals surface area contributed by atoms with Gasteiger partial charge in [0, 0.05) is 18.0 Å². The summed E-state index contributed by atoms with van der Waals surface area (Å²) in [6.45, 7) is 12.6. The van der Waals surface area contributed by atoms with Gasteiger partial charge in [0.2, 0.25) is 0 Å². The summed E-state index contributed by atoms with van der Waals surface area (Å²) in [5, 5.41) is 14.8. The third kappa shape index (κ3) is 2.24. The number of nitrogens with zero attached hydrogens (tertiary/aromatic N) is 1. The van der Waals surface area contributed by atoms with E-state index in [2.05, 4.69) is 66.0 Å². The number of hydrogen-bond acceptors (Lipinski definition) is 3. The lowest BCUT2D eigenvalue weighted by atomic mass is 9.41. The second-order valence-corrected chi connectivity index (χ2v) is 13.7. The molecule has 5 saturated carbocycles. The molecule has 0 amide bonds. The zero-order valence-electron chi connectivity index (χ0n) is 21.0. The van der Waals surface area contributed by atoms with Crippen molar-refractivity contribution >= 4 is 0 Å². The van der Waals surface area contributed by atoms with Crippen LogP contribution in [0.2, 0.25) is 0 Å². The average Bonchev–Trinajstić information content (AvgIpc) is 3.26. The van der Waals surface area contributed by atoms with Gasteiger partial charge in [0.15, 0.2) is 0 Å². The van der Waals surface area contributed by atoms with Crippen molar-refractivity contribution in [3.8, 4) is 0 Å². The zero-order valence-corrected chi connectivity index (χ0v) is 21.0. The number of nitrogens with one attached hydrogen (secondary N) is 1. The molecule has 30 heavy (non-hydrogen) atoms. The zero-order chi connectivity index (χ0) is 21.9. The van der Waals surface area contributed by atoms with Crippen molar-refractivity contribution in [3.63, 3.8) is 0 Å². The number of aliphatic hydroxyl groups is 1. The molecule has 2 N–H and O–H groups in total. The molecule has 5 rings (SSSR count). The summed E-state index contributed by atoms with van der Waals surface area (Å²) >= 11 is 0. The molecule has 3 nitrogen and oxygen atoms in total. The van der Waals surface area contributed by atoms with Crippen molar-refractivity contribution in [1.82, 2.24) is 10.2 Å². The maximum absolute atomic E-state index is 11.3. The van der Waals surface area contributed by atoms with Gasteiger partial charge in [-0.05, 0) is 118 Å². The smallest absolute Gasteiger partial charge is 0.0594 e. The molecule has 0 aromatic carbocycles. The van der Waals surface area contributed by atoms with E-state index >= 15 is 0 Å². The molecule has 172 valence electrons.